The van der Waals surface area contributed by atoms with Crippen LogP contribution >= 0.6 is 35.0 Å². The van der Waals surface area contributed by atoms with Crippen LogP contribution in [0.2, 0.25) is 10.0 Å². The smallest absolute Gasteiger partial charge is 0.290 e. The van der Waals surface area contributed by atoms with E-state index in [0.717, 1.165) is 5.56 Å². The molecule has 2 aliphatic rings. The number of aliphatic imine (C=N–C) groups is 1. The summed E-state index contributed by atoms with van der Waals surface area (Å²) < 4.78 is 0. The second-order valence-corrected chi connectivity index (χ2v) is 5.36. The van der Waals surface area contributed by atoms with Gasteiger partial charge in [0.25, 0.3) is 5.91 Å². The molecule has 0 saturated heterocycles. The Labute approximate surface area is 118 Å². The molecule has 0 unspecified atom stereocenters. The molecule has 2 heterocycles. The quantitative estimate of drug-likeness (QED) is 0.740. The van der Waals surface area contributed by atoms with E-state index in [1.165, 1.54) is 11.8 Å². The van der Waals surface area contributed by atoms with Crippen LogP contribution in [0.4, 0.5) is 0 Å². The van der Waals surface area contributed by atoms with E-state index in [0.29, 0.717) is 20.9 Å². The van der Waals surface area contributed by atoms with Gasteiger partial charge in [0.2, 0.25) is 0 Å². The van der Waals surface area contributed by atoms with E-state index in [-0.39, 0.29) is 5.91 Å². The van der Waals surface area contributed by atoms with E-state index >= 15 is 0 Å². The van der Waals surface area contributed by atoms with E-state index in [2.05, 4.69) is 4.99 Å². The molecule has 0 bridgehead atoms. The summed E-state index contributed by atoms with van der Waals surface area (Å²) in [5, 5.41) is 3.52. The van der Waals surface area contributed by atoms with Gasteiger partial charge in [0, 0.05) is 6.20 Å². The summed E-state index contributed by atoms with van der Waals surface area (Å²) >= 11 is 13.2. The Balaban J connectivity index is 1.99. The van der Waals surface area contributed by atoms with Crippen LogP contribution < -0.4 is 0 Å². The third-order valence-electron chi connectivity index (χ3n) is 2.51. The van der Waals surface area contributed by atoms with Gasteiger partial charge in [0.05, 0.1) is 10.0 Å². The minimum atomic E-state index is -0.243. The summed E-state index contributed by atoms with van der Waals surface area (Å²) in [6.07, 6.45) is 3.56. The van der Waals surface area contributed by atoms with Gasteiger partial charge in [-0.1, -0.05) is 41.0 Å². The van der Waals surface area contributed by atoms with Gasteiger partial charge in [0.15, 0.2) is 5.17 Å². The molecular weight excluding hydrogens is 291 g/mol. The number of fused-ring (bicyclic) bond motifs is 1. The molecule has 1 aromatic carbocycles. The molecule has 3 rings (SSSR count). The van der Waals surface area contributed by atoms with Gasteiger partial charge in [-0.25, -0.2) is 0 Å². The van der Waals surface area contributed by atoms with Crippen molar-refractivity contribution in [1.82, 2.24) is 4.90 Å². The zero-order chi connectivity index (χ0) is 12.7. The summed E-state index contributed by atoms with van der Waals surface area (Å²) in [6.45, 7) is 0. The Morgan fingerprint density at radius 3 is 2.89 bits per heavy atom. The van der Waals surface area contributed by atoms with Crippen molar-refractivity contribution in [2.45, 2.75) is 0 Å². The van der Waals surface area contributed by atoms with Gasteiger partial charge >= 0.3 is 0 Å². The summed E-state index contributed by atoms with van der Waals surface area (Å²) in [5.74, 6) is -0.243. The molecule has 2 aliphatic heterocycles. The molecule has 90 valence electrons. The molecule has 0 aliphatic carbocycles. The van der Waals surface area contributed by atoms with Crippen LogP contribution in [0.25, 0.3) is 6.08 Å². The van der Waals surface area contributed by atoms with Crippen molar-refractivity contribution < 1.29 is 4.79 Å². The summed E-state index contributed by atoms with van der Waals surface area (Å²) in [4.78, 5) is 17.4. The van der Waals surface area contributed by atoms with Crippen LogP contribution in [0, 0.1) is 0 Å². The van der Waals surface area contributed by atoms with Gasteiger partial charge in [0.1, 0.15) is 5.70 Å². The van der Waals surface area contributed by atoms with Crippen LogP contribution in [-0.2, 0) is 4.79 Å². The molecule has 3 nitrogen and oxygen atoms in total. The molecule has 1 amide bonds. The lowest BCUT2D eigenvalue weighted by Gasteiger charge is -2.09. The number of carbonyl (C=O) groups is 1. The fourth-order valence-electron chi connectivity index (χ4n) is 1.67. The maximum absolute atomic E-state index is 11.7. The lowest BCUT2D eigenvalue weighted by molar-refractivity contribution is -0.114. The van der Waals surface area contributed by atoms with E-state index in [4.69, 9.17) is 23.2 Å². The SMILES string of the molecule is O=C1N=C2SC=CN2C1=Cc1ccc(Cl)c(Cl)c1. The van der Waals surface area contributed by atoms with Crippen LogP contribution in [0.1, 0.15) is 5.56 Å². The molecule has 1 aromatic rings. The first-order valence-corrected chi connectivity index (χ1v) is 6.71. The van der Waals surface area contributed by atoms with Crippen LogP contribution in [0.3, 0.4) is 0 Å². The fourth-order valence-corrected chi connectivity index (χ4v) is 2.69. The number of hydrogen-bond acceptors (Lipinski definition) is 3. The summed E-state index contributed by atoms with van der Waals surface area (Å²) in [5.41, 5.74) is 1.33. The average molecular weight is 297 g/mol. The molecule has 0 atom stereocenters. The summed E-state index contributed by atoms with van der Waals surface area (Å²) in [7, 11) is 0. The van der Waals surface area contributed by atoms with Gasteiger partial charge in [-0.3, -0.25) is 9.69 Å². The zero-order valence-electron chi connectivity index (χ0n) is 8.93. The number of benzene rings is 1. The molecule has 0 radical (unpaired) electrons. The van der Waals surface area contributed by atoms with Gasteiger partial charge < -0.3 is 0 Å². The second-order valence-electron chi connectivity index (χ2n) is 3.68. The van der Waals surface area contributed by atoms with E-state index in [1.807, 2.05) is 11.6 Å². The fraction of sp³-hybridized carbons (Fsp3) is 0. The molecular formula is C12H6Cl2N2OS. The molecule has 0 aromatic heterocycles. The normalized spacial score (nSPS) is 19.7. The van der Waals surface area contributed by atoms with Gasteiger partial charge in [-0.2, -0.15) is 4.99 Å². The van der Waals surface area contributed by atoms with E-state index in [9.17, 15) is 4.79 Å². The van der Waals surface area contributed by atoms with Crippen molar-refractivity contribution >= 4 is 52.1 Å². The number of hydrogen-bond donors (Lipinski definition) is 0. The van der Waals surface area contributed by atoms with Crippen LogP contribution in [0.15, 0.2) is 40.5 Å². The first-order chi connectivity index (χ1) is 8.65. The highest BCUT2D eigenvalue weighted by atomic mass is 35.5. The lowest BCUT2D eigenvalue weighted by atomic mass is 10.2. The Morgan fingerprint density at radius 2 is 2.11 bits per heavy atom. The number of halogens is 2. The van der Waals surface area contributed by atoms with Crippen molar-refractivity contribution in [3.05, 3.63) is 51.1 Å². The maximum atomic E-state index is 11.7. The summed E-state index contributed by atoms with van der Waals surface area (Å²) in [6, 6.07) is 5.22. The van der Waals surface area contributed by atoms with Crippen LogP contribution in [0.5, 0.6) is 0 Å². The Morgan fingerprint density at radius 1 is 1.28 bits per heavy atom. The minimum absolute atomic E-state index is 0.243. The first-order valence-electron chi connectivity index (χ1n) is 5.07. The number of thioether (sulfide) groups is 1. The molecule has 0 fully saturated rings. The zero-order valence-corrected chi connectivity index (χ0v) is 11.3. The second kappa shape index (κ2) is 4.46. The highest BCUT2D eigenvalue weighted by Gasteiger charge is 2.30. The van der Waals surface area contributed by atoms with Gasteiger partial charge in [-0.05, 0) is 29.2 Å². The van der Waals surface area contributed by atoms with E-state index < -0.39 is 0 Å². The Bertz CT molecular complexity index is 637. The molecule has 6 heteroatoms. The predicted octanol–water partition coefficient (Wildman–Crippen LogP) is 3.75. The van der Waals surface area contributed by atoms with Gasteiger partial charge in [-0.15, -0.1) is 0 Å². The Hall–Kier alpha value is -1.23. The number of carbonyl (C=O) groups excluding carboxylic acids is 1. The molecule has 18 heavy (non-hydrogen) atoms. The molecule has 0 N–H and O–H groups in total. The van der Waals surface area contributed by atoms with Crippen molar-refractivity contribution in [2.24, 2.45) is 4.99 Å². The van der Waals surface area contributed by atoms with Crippen molar-refractivity contribution in [2.75, 3.05) is 0 Å². The maximum Gasteiger partial charge on any atom is 0.296 e. The number of nitrogens with zero attached hydrogens (tertiary/aromatic N) is 2. The largest absolute Gasteiger partial charge is 0.296 e. The monoisotopic (exact) mass is 296 g/mol. The predicted molar refractivity (Wildman–Crippen MR) is 75.5 cm³/mol. The van der Waals surface area contributed by atoms with Crippen molar-refractivity contribution in [3.8, 4) is 0 Å². The first kappa shape index (κ1) is 11.8. The van der Waals surface area contributed by atoms with Crippen LogP contribution in [-0.4, -0.2) is 16.0 Å². The molecule has 0 saturated carbocycles. The lowest BCUT2D eigenvalue weighted by Crippen LogP contribution is -2.14. The minimum Gasteiger partial charge on any atom is -0.290 e. The topological polar surface area (TPSA) is 32.7 Å². The molecule has 0 spiro atoms. The number of rotatable bonds is 1. The Kier molecular flexibility index (Phi) is 2.93. The highest BCUT2D eigenvalue weighted by Crippen LogP contribution is 2.31. The van der Waals surface area contributed by atoms with E-state index in [1.54, 1.807) is 29.2 Å². The number of amidine groups is 1. The third kappa shape index (κ3) is 1.96. The highest BCUT2D eigenvalue weighted by molar-refractivity contribution is 8.16. The number of amides is 1. The standard InChI is InChI=1S/C12H6Cl2N2OS/c13-8-2-1-7(5-9(8)14)6-10-11(17)15-12-16(10)3-4-18-12/h1-6H. The van der Waals surface area contributed by atoms with Crippen molar-refractivity contribution in [1.29, 1.82) is 0 Å². The average Bonchev–Trinajstić information content (AvgIpc) is 2.87. The third-order valence-corrected chi connectivity index (χ3v) is 4.01. The van der Waals surface area contributed by atoms with Crippen molar-refractivity contribution in [3.63, 3.8) is 0 Å².